The number of aryl methyl sites for hydroxylation is 1. The third-order valence-electron chi connectivity index (χ3n) is 2.67. The molecule has 20 heavy (non-hydrogen) atoms. The Bertz CT molecular complexity index is 528. The average molecular weight is 291 g/mol. The number of alkyl halides is 1. The predicted molar refractivity (Wildman–Crippen MR) is 78.0 cm³/mol. The molecule has 0 N–H and O–H groups in total. The van der Waals surface area contributed by atoms with E-state index >= 15 is 0 Å². The Morgan fingerprint density at radius 2 is 1.60 bits per heavy atom. The molecule has 2 aromatic rings. The van der Waals surface area contributed by atoms with Crippen LogP contribution in [0.25, 0.3) is 0 Å². The second-order valence-corrected chi connectivity index (χ2v) is 4.70. The third kappa shape index (κ3) is 4.94. The molecule has 0 fully saturated rings. The summed E-state index contributed by atoms with van der Waals surface area (Å²) in [6, 6.07) is 18.6. The number of para-hydroxylation sites is 1. The fourth-order valence-electron chi connectivity index (χ4n) is 1.70. The van der Waals surface area contributed by atoms with Gasteiger partial charge in [0.05, 0.1) is 0 Å². The normalized spacial score (nSPS) is 11.7. The summed E-state index contributed by atoms with van der Waals surface area (Å²) < 4.78 is 9.97. The zero-order chi connectivity index (χ0) is 14.2. The van der Waals surface area contributed by atoms with Crippen molar-refractivity contribution in [2.75, 3.05) is 0 Å². The molecular formula is C16H15ClO3. The second kappa shape index (κ2) is 7.56. The van der Waals surface area contributed by atoms with Gasteiger partial charge in [0.1, 0.15) is 5.75 Å². The van der Waals surface area contributed by atoms with Gasteiger partial charge in [-0.3, -0.25) is 0 Å². The van der Waals surface area contributed by atoms with Crippen LogP contribution in [-0.2, 0) is 11.2 Å². The molecule has 1 unspecified atom stereocenters. The number of ether oxygens (including phenoxy) is 2. The van der Waals surface area contributed by atoms with Gasteiger partial charge in [-0.25, -0.2) is 4.79 Å². The van der Waals surface area contributed by atoms with Gasteiger partial charge in [0.2, 0.25) is 0 Å². The highest BCUT2D eigenvalue weighted by Gasteiger charge is 2.13. The summed E-state index contributed by atoms with van der Waals surface area (Å²) >= 11 is 5.97. The molecule has 1 atom stereocenters. The number of carbonyl (C=O) groups excluding carboxylic acids is 1. The summed E-state index contributed by atoms with van der Waals surface area (Å²) in [4.78, 5) is 11.5. The van der Waals surface area contributed by atoms with Crippen LogP contribution in [0, 0.1) is 0 Å². The topological polar surface area (TPSA) is 35.5 Å². The van der Waals surface area contributed by atoms with E-state index in [1.807, 2.05) is 36.4 Å². The van der Waals surface area contributed by atoms with E-state index in [1.54, 1.807) is 24.3 Å². The average Bonchev–Trinajstić information content (AvgIpc) is 2.47. The van der Waals surface area contributed by atoms with Crippen LogP contribution in [0.1, 0.15) is 12.0 Å². The summed E-state index contributed by atoms with van der Waals surface area (Å²) in [6.07, 6.45) is 0.493. The number of halogens is 1. The maximum atomic E-state index is 11.5. The Morgan fingerprint density at radius 3 is 2.25 bits per heavy atom. The predicted octanol–water partition coefficient (Wildman–Crippen LogP) is 4.40. The smallest absolute Gasteiger partial charge is 0.414 e. The molecule has 0 aliphatic rings. The van der Waals surface area contributed by atoms with Crippen LogP contribution < -0.4 is 4.74 Å². The highest BCUT2D eigenvalue weighted by atomic mass is 35.5. The van der Waals surface area contributed by atoms with Gasteiger partial charge in [0, 0.05) is 6.42 Å². The van der Waals surface area contributed by atoms with Crippen molar-refractivity contribution in [3.8, 4) is 5.75 Å². The Morgan fingerprint density at radius 1 is 1.00 bits per heavy atom. The maximum absolute atomic E-state index is 11.5. The third-order valence-corrected chi connectivity index (χ3v) is 2.98. The van der Waals surface area contributed by atoms with Crippen molar-refractivity contribution in [3.05, 3.63) is 66.2 Å². The largest absolute Gasteiger partial charge is 0.515 e. The van der Waals surface area contributed by atoms with Crippen molar-refractivity contribution in [2.45, 2.75) is 18.4 Å². The Balaban J connectivity index is 1.74. The molecule has 0 saturated carbocycles. The van der Waals surface area contributed by atoms with Crippen molar-refractivity contribution in [1.82, 2.24) is 0 Å². The molecule has 0 heterocycles. The van der Waals surface area contributed by atoms with Gasteiger partial charge >= 0.3 is 6.16 Å². The fourth-order valence-corrected chi connectivity index (χ4v) is 1.88. The molecule has 0 bridgehead atoms. The second-order valence-electron chi connectivity index (χ2n) is 4.22. The van der Waals surface area contributed by atoms with Crippen LogP contribution in [-0.4, -0.2) is 11.7 Å². The minimum atomic E-state index is -0.788. The number of benzene rings is 2. The lowest BCUT2D eigenvalue weighted by Crippen LogP contribution is -2.17. The van der Waals surface area contributed by atoms with Crippen molar-refractivity contribution < 1.29 is 14.3 Å². The fraction of sp³-hybridized carbons (Fsp3) is 0.188. The summed E-state index contributed by atoms with van der Waals surface area (Å²) in [5.74, 6) is 0.435. The van der Waals surface area contributed by atoms with Gasteiger partial charge in [0.25, 0.3) is 0 Å². The van der Waals surface area contributed by atoms with Gasteiger partial charge in [-0.1, -0.05) is 60.1 Å². The molecule has 2 aromatic carbocycles. The van der Waals surface area contributed by atoms with Crippen molar-refractivity contribution in [1.29, 1.82) is 0 Å². The van der Waals surface area contributed by atoms with E-state index in [-0.39, 0.29) is 0 Å². The van der Waals surface area contributed by atoms with E-state index in [9.17, 15) is 4.79 Å². The first kappa shape index (κ1) is 14.4. The molecule has 3 nitrogen and oxygen atoms in total. The monoisotopic (exact) mass is 290 g/mol. The molecule has 4 heteroatoms. The van der Waals surface area contributed by atoms with Gasteiger partial charge < -0.3 is 9.47 Å². The van der Waals surface area contributed by atoms with Gasteiger partial charge in [-0.05, 0) is 24.1 Å². The van der Waals surface area contributed by atoms with Crippen LogP contribution in [0.2, 0.25) is 0 Å². The first-order chi connectivity index (χ1) is 9.74. The Kier molecular flexibility index (Phi) is 5.44. The number of hydrogen-bond acceptors (Lipinski definition) is 3. The van der Waals surface area contributed by atoms with Crippen molar-refractivity contribution in [3.63, 3.8) is 0 Å². The van der Waals surface area contributed by atoms with E-state index in [0.717, 1.165) is 12.0 Å². The summed E-state index contributed by atoms with van der Waals surface area (Å²) in [5.41, 5.74) is 0.449. The Hall–Kier alpha value is -2.00. The first-order valence-corrected chi connectivity index (χ1v) is 6.79. The lowest BCUT2D eigenvalue weighted by atomic mass is 10.1. The van der Waals surface area contributed by atoms with Crippen LogP contribution in [0.4, 0.5) is 4.79 Å². The first-order valence-electron chi connectivity index (χ1n) is 6.35. The zero-order valence-electron chi connectivity index (χ0n) is 10.9. The number of hydrogen-bond donors (Lipinski definition) is 0. The van der Waals surface area contributed by atoms with E-state index in [1.165, 1.54) is 0 Å². The molecule has 2 rings (SSSR count). The lowest BCUT2D eigenvalue weighted by Gasteiger charge is -2.11. The van der Waals surface area contributed by atoms with E-state index in [4.69, 9.17) is 21.1 Å². The number of carbonyl (C=O) groups is 1. The van der Waals surface area contributed by atoms with E-state index < -0.39 is 11.7 Å². The van der Waals surface area contributed by atoms with Crippen molar-refractivity contribution in [2.24, 2.45) is 0 Å². The standard InChI is InChI=1S/C16H15ClO3/c17-15(12-11-13-7-3-1-4-8-13)20-16(18)19-14-9-5-2-6-10-14/h1-10,15H,11-12H2. The highest BCUT2D eigenvalue weighted by molar-refractivity contribution is 6.20. The summed E-state index contributed by atoms with van der Waals surface area (Å²) in [6.45, 7) is 0. The molecular weight excluding hydrogens is 276 g/mol. The van der Waals surface area contributed by atoms with Crippen LogP contribution in [0.3, 0.4) is 0 Å². The van der Waals surface area contributed by atoms with E-state index in [2.05, 4.69) is 0 Å². The minimum Gasteiger partial charge on any atom is -0.414 e. The minimum absolute atomic E-state index is 0.435. The molecule has 104 valence electrons. The van der Waals surface area contributed by atoms with Crippen LogP contribution in [0.15, 0.2) is 60.7 Å². The molecule has 0 aliphatic heterocycles. The maximum Gasteiger partial charge on any atom is 0.515 e. The summed E-state index contributed by atoms with van der Waals surface area (Å²) in [5, 5.41) is 0. The molecule has 0 spiro atoms. The molecule has 0 saturated heterocycles. The SMILES string of the molecule is O=C(Oc1ccccc1)OC(Cl)CCc1ccccc1. The summed E-state index contributed by atoms with van der Waals surface area (Å²) in [7, 11) is 0. The van der Waals surface area contributed by atoms with Gasteiger partial charge in [-0.15, -0.1) is 0 Å². The number of rotatable bonds is 5. The van der Waals surface area contributed by atoms with Crippen molar-refractivity contribution >= 4 is 17.8 Å². The van der Waals surface area contributed by atoms with E-state index in [0.29, 0.717) is 12.2 Å². The van der Waals surface area contributed by atoms with Gasteiger partial charge in [0.15, 0.2) is 5.56 Å². The Labute approximate surface area is 123 Å². The molecule has 0 radical (unpaired) electrons. The van der Waals surface area contributed by atoms with Crippen LogP contribution >= 0.6 is 11.6 Å². The zero-order valence-corrected chi connectivity index (χ0v) is 11.6. The molecule has 0 aliphatic carbocycles. The lowest BCUT2D eigenvalue weighted by molar-refractivity contribution is 0.0846. The quantitative estimate of drug-likeness (QED) is 0.465. The van der Waals surface area contributed by atoms with Crippen LogP contribution in [0.5, 0.6) is 5.75 Å². The molecule has 0 aromatic heterocycles. The molecule has 0 amide bonds. The highest BCUT2D eigenvalue weighted by Crippen LogP contribution is 2.14. The van der Waals surface area contributed by atoms with Gasteiger partial charge in [-0.2, -0.15) is 0 Å².